The summed E-state index contributed by atoms with van der Waals surface area (Å²) in [4.78, 5) is 30.2. The molecule has 2 aromatic heterocycles. The molecule has 40 heavy (non-hydrogen) atoms. The summed E-state index contributed by atoms with van der Waals surface area (Å²) >= 11 is 0. The molecule has 1 N–H and O–H groups in total. The predicted molar refractivity (Wildman–Crippen MR) is 143 cm³/mol. The number of amides is 2. The first-order valence-corrected chi connectivity index (χ1v) is 13.3. The summed E-state index contributed by atoms with van der Waals surface area (Å²) in [5.74, 6) is -0.173. The second kappa shape index (κ2) is 12.5. The number of ether oxygens (including phenoxy) is 1. The molecule has 1 atom stereocenters. The first-order valence-electron chi connectivity index (χ1n) is 13.3. The van der Waals surface area contributed by atoms with Gasteiger partial charge in [-0.3, -0.25) is 9.59 Å². The monoisotopic (exact) mass is 546 g/mol. The van der Waals surface area contributed by atoms with Crippen LogP contribution in [0.4, 0.5) is 4.39 Å². The molecule has 2 heterocycles. The number of nitrogens with one attached hydrogen (secondary N) is 1. The first-order chi connectivity index (χ1) is 19.5. The molecule has 1 saturated carbocycles. The number of hydrogen-bond donors (Lipinski definition) is 1. The first kappa shape index (κ1) is 27.0. The molecule has 4 aromatic rings. The molecule has 11 heteroatoms. The van der Waals surface area contributed by atoms with Gasteiger partial charge < -0.3 is 19.4 Å². The van der Waals surface area contributed by atoms with Crippen molar-refractivity contribution in [1.29, 1.82) is 0 Å². The number of halogens is 1. The number of hydrogen-bond acceptors (Lipinski definition) is 7. The smallest absolute Gasteiger partial charge is 0.250 e. The van der Waals surface area contributed by atoms with Crippen LogP contribution in [0.3, 0.4) is 0 Å². The summed E-state index contributed by atoms with van der Waals surface area (Å²) in [6.07, 6.45) is 6.51. The number of nitrogens with zero attached hydrogens (tertiary/aromatic N) is 5. The average Bonchev–Trinajstić information content (AvgIpc) is 3.67. The highest BCUT2D eigenvalue weighted by molar-refractivity contribution is 5.88. The number of carbonyl (C=O) groups excluding carboxylic acids is 2. The molecule has 0 saturated heterocycles. The molecule has 1 aliphatic carbocycles. The van der Waals surface area contributed by atoms with Gasteiger partial charge in [-0.2, -0.15) is 4.80 Å². The van der Waals surface area contributed by atoms with E-state index in [1.165, 1.54) is 23.3 Å². The third kappa shape index (κ3) is 6.36. The lowest BCUT2D eigenvalue weighted by Gasteiger charge is -2.32. The third-order valence-electron chi connectivity index (χ3n) is 7.00. The molecule has 2 amide bonds. The highest BCUT2D eigenvalue weighted by atomic mass is 19.1. The van der Waals surface area contributed by atoms with Gasteiger partial charge >= 0.3 is 0 Å². The number of furan rings is 1. The van der Waals surface area contributed by atoms with E-state index in [9.17, 15) is 14.0 Å². The van der Waals surface area contributed by atoms with Gasteiger partial charge in [-0.1, -0.05) is 43.5 Å². The van der Waals surface area contributed by atoms with Crippen LogP contribution in [0.2, 0.25) is 0 Å². The fourth-order valence-corrected chi connectivity index (χ4v) is 4.92. The Morgan fingerprint density at radius 3 is 2.58 bits per heavy atom. The maximum atomic E-state index is 14.3. The summed E-state index contributed by atoms with van der Waals surface area (Å²) in [6, 6.07) is 15.7. The second-order valence-electron chi connectivity index (χ2n) is 9.75. The standard InChI is InChI=1S/C29H31FN6O4/c1-39-22-15-13-20(14-16-22)18-35(26(37)19-36-33-28(32-34-36)23-10-5-6-11-24(23)30)27(25-12-7-17-40-25)29(38)31-21-8-3-2-4-9-21/h5-7,10-17,21,27H,2-4,8-9,18-19H2,1H3,(H,31,38)/t27-/m1/s1. The van der Waals surface area contributed by atoms with E-state index in [1.54, 1.807) is 43.5 Å². The van der Waals surface area contributed by atoms with Gasteiger partial charge in [-0.15, -0.1) is 10.2 Å². The van der Waals surface area contributed by atoms with Gasteiger partial charge in [0.05, 0.1) is 18.9 Å². The average molecular weight is 547 g/mol. The maximum Gasteiger partial charge on any atom is 0.250 e. The lowest BCUT2D eigenvalue weighted by Crippen LogP contribution is -2.47. The van der Waals surface area contributed by atoms with Crippen LogP contribution in [-0.4, -0.2) is 50.1 Å². The zero-order valence-corrected chi connectivity index (χ0v) is 22.2. The number of methoxy groups -OCH3 is 1. The Morgan fingerprint density at radius 1 is 1.10 bits per heavy atom. The van der Waals surface area contributed by atoms with Crippen LogP contribution < -0.4 is 10.1 Å². The van der Waals surface area contributed by atoms with Crippen molar-refractivity contribution in [1.82, 2.24) is 30.4 Å². The number of carbonyl (C=O) groups is 2. The molecule has 10 nitrogen and oxygen atoms in total. The van der Waals surface area contributed by atoms with Crippen molar-refractivity contribution in [2.45, 2.75) is 57.3 Å². The fraction of sp³-hybridized carbons (Fsp3) is 0.345. The molecule has 1 fully saturated rings. The Labute approximate surface area is 231 Å². The fourth-order valence-electron chi connectivity index (χ4n) is 4.92. The molecule has 0 aliphatic heterocycles. The molecular weight excluding hydrogens is 515 g/mol. The lowest BCUT2D eigenvalue weighted by molar-refractivity contribution is -0.143. The van der Waals surface area contributed by atoms with Crippen LogP contribution >= 0.6 is 0 Å². The summed E-state index contributed by atoms with van der Waals surface area (Å²) in [5, 5.41) is 15.3. The lowest BCUT2D eigenvalue weighted by atomic mass is 9.95. The number of tetrazole rings is 1. The molecule has 0 bridgehead atoms. The Balaban J connectivity index is 1.44. The zero-order chi connectivity index (χ0) is 27.9. The van der Waals surface area contributed by atoms with Crippen LogP contribution in [0.25, 0.3) is 11.4 Å². The van der Waals surface area contributed by atoms with Crippen molar-refractivity contribution >= 4 is 11.8 Å². The van der Waals surface area contributed by atoms with Gasteiger partial charge in [0.2, 0.25) is 11.7 Å². The van der Waals surface area contributed by atoms with Gasteiger partial charge in [0, 0.05) is 12.6 Å². The summed E-state index contributed by atoms with van der Waals surface area (Å²) in [7, 11) is 1.58. The number of aromatic nitrogens is 4. The minimum absolute atomic E-state index is 0.0389. The van der Waals surface area contributed by atoms with E-state index < -0.39 is 17.8 Å². The van der Waals surface area contributed by atoms with Gasteiger partial charge in [-0.25, -0.2) is 4.39 Å². The topological polar surface area (TPSA) is 115 Å². The Morgan fingerprint density at radius 2 is 1.88 bits per heavy atom. The SMILES string of the molecule is COc1ccc(CN(C(=O)Cn2nnc(-c3ccccc3F)n2)[C@@H](C(=O)NC2CCCCC2)c2ccco2)cc1. The molecule has 0 radical (unpaired) electrons. The Bertz CT molecular complexity index is 1420. The molecular formula is C29H31FN6O4. The highest BCUT2D eigenvalue weighted by Gasteiger charge is 2.35. The van der Waals surface area contributed by atoms with Crippen LogP contribution in [-0.2, 0) is 22.7 Å². The van der Waals surface area contributed by atoms with Gasteiger partial charge in [0.15, 0.2) is 6.04 Å². The normalized spacial score (nSPS) is 14.4. The van der Waals surface area contributed by atoms with E-state index in [0.29, 0.717) is 11.5 Å². The van der Waals surface area contributed by atoms with Crippen molar-refractivity contribution in [2.24, 2.45) is 0 Å². The summed E-state index contributed by atoms with van der Waals surface area (Å²) in [5.41, 5.74) is 0.964. The molecule has 0 unspecified atom stereocenters. The molecule has 2 aromatic carbocycles. The van der Waals surface area contributed by atoms with E-state index in [4.69, 9.17) is 9.15 Å². The van der Waals surface area contributed by atoms with E-state index in [1.807, 2.05) is 12.1 Å². The molecule has 5 rings (SSSR count). The van der Waals surface area contributed by atoms with Gasteiger partial charge in [0.1, 0.15) is 23.9 Å². The largest absolute Gasteiger partial charge is 0.497 e. The van der Waals surface area contributed by atoms with Gasteiger partial charge in [0.25, 0.3) is 5.91 Å². The van der Waals surface area contributed by atoms with Crippen molar-refractivity contribution in [3.63, 3.8) is 0 Å². The van der Waals surface area contributed by atoms with Crippen molar-refractivity contribution in [2.75, 3.05) is 7.11 Å². The van der Waals surface area contributed by atoms with Crippen LogP contribution in [0.5, 0.6) is 5.75 Å². The minimum atomic E-state index is -1.03. The highest BCUT2D eigenvalue weighted by Crippen LogP contribution is 2.27. The third-order valence-corrected chi connectivity index (χ3v) is 7.00. The predicted octanol–water partition coefficient (Wildman–Crippen LogP) is 4.30. The Kier molecular flexibility index (Phi) is 8.48. The summed E-state index contributed by atoms with van der Waals surface area (Å²) < 4.78 is 25.2. The second-order valence-corrected chi connectivity index (χ2v) is 9.75. The number of rotatable bonds is 10. The number of benzene rings is 2. The van der Waals surface area contributed by atoms with E-state index in [-0.39, 0.29) is 36.4 Å². The van der Waals surface area contributed by atoms with Crippen molar-refractivity contribution in [3.05, 3.63) is 84.1 Å². The summed E-state index contributed by atoms with van der Waals surface area (Å²) in [6.45, 7) is -0.202. The quantitative estimate of drug-likeness (QED) is 0.315. The van der Waals surface area contributed by atoms with E-state index in [2.05, 4.69) is 20.7 Å². The minimum Gasteiger partial charge on any atom is -0.497 e. The van der Waals surface area contributed by atoms with Crippen LogP contribution in [0.1, 0.15) is 49.5 Å². The van der Waals surface area contributed by atoms with Crippen molar-refractivity contribution < 1.29 is 23.1 Å². The Hall–Kier alpha value is -4.54. The van der Waals surface area contributed by atoms with Crippen molar-refractivity contribution in [3.8, 4) is 17.1 Å². The van der Waals surface area contributed by atoms with Gasteiger partial charge in [-0.05, 0) is 60.0 Å². The van der Waals surface area contributed by atoms with Crippen LogP contribution in [0, 0.1) is 5.82 Å². The van der Waals surface area contributed by atoms with E-state index in [0.717, 1.165) is 42.5 Å². The van der Waals surface area contributed by atoms with E-state index >= 15 is 0 Å². The van der Waals surface area contributed by atoms with Crippen LogP contribution in [0.15, 0.2) is 71.3 Å². The molecule has 0 spiro atoms. The zero-order valence-electron chi connectivity index (χ0n) is 22.2. The molecule has 208 valence electrons. The molecule has 1 aliphatic rings. The maximum absolute atomic E-state index is 14.3.